The predicted octanol–water partition coefficient (Wildman–Crippen LogP) is 5.56. The number of hydrogen-bond acceptors (Lipinski definition) is 3. The molecule has 0 amide bonds. The molecule has 0 unspecified atom stereocenters. The Morgan fingerprint density at radius 3 is 2.70 bits per heavy atom. The van der Waals surface area contributed by atoms with E-state index in [1.165, 1.54) is 0 Å². The van der Waals surface area contributed by atoms with Crippen molar-refractivity contribution in [1.29, 1.82) is 0 Å². The van der Waals surface area contributed by atoms with E-state index in [9.17, 15) is 4.79 Å². The molecule has 4 nitrogen and oxygen atoms in total. The van der Waals surface area contributed by atoms with E-state index < -0.39 is 0 Å². The minimum absolute atomic E-state index is 0.0292. The topological polar surface area (TPSA) is 44.1 Å². The molecule has 0 aliphatic rings. The van der Waals surface area contributed by atoms with Crippen LogP contribution in [-0.4, -0.2) is 22.4 Å². The Morgan fingerprint density at radius 2 is 1.93 bits per heavy atom. The Bertz CT molecular complexity index is 1160. The Hall–Kier alpha value is -3.11. The summed E-state index contributed by atoms with van der Waals surface area (Å²) in [6.45, 7) is 1.56. The molecule has 0 saturated carbocycles. The second kappa shape index (κ2) is 6.89. The molecule has 0 bridgehead atoms. The minimum Gasteiger partial charge on any atom is -0.496 e. The van der Waals surface area contributed by atoms with Gasteiger partial charge in [-0.1, -0.05) is 23.7 Å². The molecule has 27 heavy (non-hydrogen) atoms. The first kappa shape index (κ1) is 17.3. The van der Waals surface area contributed by atoms with Gasteiger partial charge in [0, 0.05) is 21.8 Å². The van der Waals surface area contributed by atoms with Crippen molar-refractivity contribution in [2.75, 3.05) is 7.11 Å². The number of methoxy groups -OCH3 is 1. The maximum atomic E-state index is 11.6. The third-order valence-electron chi connectivity index (χ3n) is 4.55. The number of hydrogen-bond donors (Lipinski definition) is 0. The fraction of sp³-hybridized carbons (Fsp3) is 0.0909. The number of halogens is 1. The number of aromatic nitrogens is 2. The highest BCUT2D eigenvalue weighted by atomic mass is 35.5. The summed E-state index contributed by atoms with van der Waals surface area (Å²) < 4.78 is 7.48. The molecule has 3 aromatic carbocycles. The normalized spacial score (nSPS) is 10.9. The molecule has 0 aliphatic carbocycles. The highest BCUT2D eigenvalue weighted by Crippen LogP contribution is 2.33. The van der Waals surface area contributed by atoms with E-state index in [-0.39, 0.29) is 5.78 Å². The monoisotopic (exact) mass is 376 g/mol. The second-order valence-electron chi connectivity index (χ2n) is 6.27. The summed E-state index contributed by atoms with van der Waals surface area (Å²) in [7, 11) is 1.65. The van der Waals surface area contributed by atoms with E-state index in [0.717, 1.165) is 33.6 Å². The fourth-order valence-corrected chi connectivity index (χ4v) is 3.34. The van der Waals surface area contributed by atoms with E-state index in [1.54, 1.807) is 20.4 Å². The number of carbonyl (C=O) groups is 1. The second-order valence-corrected chi connectivity index (χ2v) is 6.71. The van der Waals surface area contributed by atoms with Gasteiger partial charge in [-0.3, -0.25) is 9.36 Å². The highest BCUT2D eigenvalue weighted by molar-refractivity contribution is 6.31. The highest BCUT2D eigenvalue weighted by Gasteiger charge is 2.11. The van der Waals surface area contributed by atoms with Crippen molar-refractivity contribution in [2.24, 2.45) is 0 Å². The van der Waals surface area contributed by atoms with Gasteiger partial charge in [0.2, 0.25) is 0 Å². The largest absolute Gasteiger partial charge is 0.496 e. The van der Waals surface area contributed by atoms with Crippen LogP contribution in [0.15, 0.2) is 67.0 Å². The summed E-state index contributed by atoms with van der Waals surface area (Å²) in [6, 6.07) is 19.2. The van der Waals surface area contributed by atoms with E-state index in [0.29, 0.717) is 10.6 Å². The number of fused-ring (bicyclic) bond motifs is 1. The third kappa shape index (κ3) is 3.20. The Morgan fingerprint density at radius 1 is 1.07 bits per heavy atom. The molecule has 0 aliphatic heterocycles. The third-order valence-corrected chi connectivity index (χ3v) is 4.79. The number of benzene rings is 3. The lowest BCUT2D eigenvalue weighted by atomic mass is 10.0. The number of Topliss-reactive ketones (excluding diaryl/α,β-unsaturated/α-hetero) is 1. The summed E-state index contributed by atoms with van der Waals surface area (Å²) in [4.78, 5) is 16.1. The lowest BCUT2D eigenvalue weighted by molar-refractivity contribution is 0.101. The molecule has 4 rings (SSSR count). The van der Waals surface area contributed by atoms with E-state index >= 15 is 0 Å². The number of nitrogens with zero attached hydrogens (tertiary/aromatic N) is 2. The number of imidazole rings is 1. The number of ketones is 1. The summed E-state index contributed by atoms with van der Waals surface area (Å²) in [5, 5.41) is 0.654. The van der Waals surface area contributed by atoms with Crippen LogP contribution in [0.25, 0.3) is 27.8 Å². The van der Waals surface area contributed by atoms with Crippen LogP contribution in [0.2, 0.25) is 5.02 Å². The zero-order valence-electron chi connectivity index (χ0n) is 14.9. The number of rotatable bonds is 4. The lowest BCUT2D eigenvalue weighted by Gasteiger charge is -2.11. The van der Waals surface area contributed by atoms with Crippen molar-refractivity contribution in [3.63, 3.8) is 0 Å². The molecule has 0 spiro atoms. The van der Waals surface area contributed by atoms with E-state index in [2.05, 4.69) is 11.1 Å². The maximum Gasteiger partial charge on any atom is 0.159 e. The van der Waals surface area contributed by atoms with Gasteiger partial charge in [-0.05, 0) is 61.0 Å². The first-order valence-corrected chi connectivity index (χ1v) is 8.87. The molecule has 4 aromatic rings. The van der Waals surface area contributed by atoms with Crippen LogP contribution in [0.4, 0.5) is 0 Å². The first-order chi connectivity index (χ1) is 13.1. The van der Waals surface area contributed by atoms with Gasteiger partial charge in [-0.25, -0.2) is 4.98 Å². The summed E-state index contributed by atoms with van der Waals surface area (Å²) >= 11 is 6.18. The summed E-state index contributed by atoms with van der Waals surface area (Å²) in [5.41, 5.74) is 5.27. The Kier molecular flexibility index (Phi) is 4.42. The van der Waals surface area contributed by atoms with Crippen LogP contribution in [-0.2, 0) is 0 Å². The van der Waals surface area contributed by atoms with Gasteiger partial charge in [-0.15, -0.1) is 0 Å². The molecular weight excluding hydrogens is 360 g/mol. The van der Waals surface area contributed by atoms with Crippen LogP contribution in [0.1, 0.15) is 17.3 Å². The smallest absolute Gasteiger partial charge is 0.159 e. The Labute approximate surface area is 162 Å². The van der Waals surface area contributed by atoms with Gasteiger partial charge in [0.15, 0.2) is 5.78 Å². The average molecular weight is 377 g/mol. The quantitative estimate of drug-likeness (QED) is 0.438. The summed E-state index contributed by atoms with van der Waals surface area (Å²) in [6.07, 6.45) is 1.77. The standard InChI is InChI=1S/C22H17ClN2O2/c1-14(26)15-6-8-21-20(11-15)24-13-25(21)18-5-3-4-16(10-18)19-12-17(23)7-9-22(19)27-2/h3-13H,1-2H3. The van der Waals surface area contributed by atoms with Gasteiger partial charge >= 0.3 is 0 Å². The van der Waals surface area contributed by atoms with Crippen molar-refractivity contribution in [1.82, 2.24) is 9.55 Å². The molecule has 134 valence electrons. The molecule has 0 atom stereocenters. The number of ether oxygens (including phenoxy) is 1. The van der Waals surface area contributed by atoms with E-state index in [1.807, 2.05) is 59.2 Å². The van der Waals surface area contributed by atoms with Crippen molar-refractivity contribution in [3.05, 3.63) is 77.6 Å². The Balaban J connectivity index is 1.83. The number of carbonyl (C=O) groups excluding carboxylic acids is 1. The molecule has 1 aromatic heterocycles. The molecule has 5 heteroatoms. The molecule has 0 radical (unpaired) electrons. The van der Waals surface area contributed by atoms with Crippen molar-refractivity contribution >= 4 is 28.4 Å². The molecule has 1 heterocycles. The van der Waals surface area contributed by atoms with Crippen LogP contribution < -0.4 is 4.74 Å². The van der Waals surface area contributed by atoms with Crippen LogP contribution in [0.5, 0.6) is 5.75 Å². The van der Waals surface area contributed by atoms with Crippen molar-refractivity contribution in [2.45, 2.75) is 6.92 Å². The van der Waals surface area contributed by atoms with Crippen LogP contribution in [0.3, 0.4) is 0 Å². The molecule has 0 fully saturated rings. The van der Waals surface area contributed by atoms with Crippen molar-refractivity contribution in [3.8, 4) is 22.6 Å². The zero-order valence-corrected chi connectivity index (χ0v) is 15.7. The first-order valence-electron chi connectivity index (χ1n) is 8.49. The van der Waals surface area contributed by atoms with Crippen LogP contribution >= 0.6 is 11.6 Å². The minimum atomic E-state index is 0.0292. The van der Waals surface area contributed by atoms with Gasteiger partial charge in [0.1, 0.15) is 12.1 Å². The van der Waals surface area contributed by atoms with Gasteiger partial charge in [0.05, 0.1) is 18.1 Å². The van der Waals surface area contributed by atoms with Gasteiger partial charge in [-0.2, -0.15) is 0 Å². The molecule has 0 N–H and O–H groups in total. The van der Waals surface area contributed by atoms with Crippen LogP contribution in [0, 0.1) is 0 Å². The van der Waals surface area contributed by atoms with Gasteiger partial charge < -0.3 is 4.74 Å². The summed E-state index contributed by atoms with van der Waals surface area (Å²) in [5.74, 6) is 0.791. The fourth-order valence-electron chi connectivity index (χ4n) is 3.17. The predicted molar refractivity (Wildman–Crippen MR) is 108 cm³/mol. The van der Waals surface area contributed by atoms with Crippen molar-refractivity contribution < 1.29 is 9.53 Å². The average Bonchev–Trinajstić information content (AvgIpc) is 3.11. The zero-order chi connectivity index (χ0) is 19.0. The van der Waals surface area contributed by atoms with Gasteiger partial charge in [0.25, 0.3) is 0 Å². The molecule has 0 saturated heterocycles. The molecular formula is C22H17ClN2O2. The SMILES string of the molecule is COc1ccc(Cl)cc1-c1cccc(-n2cnc3cc(C(C)=O)ccc32)c1. The lowest BCUT2D eigenvalue weighted by Crippen LogP contribution is -1.95. The maximum absolute atomic E-state index is 11.6. The van der Waals surface area contributed by atoms with E-state index in [4.69, 9.17) is 16.3 Å².